The van der Waals surface area contributed by atoms with E-state index in [9.17, 15) is 14.4 Å². The Morgan fingerprint density at radius 1 is 1.11 bits per heavy atom. The second kappa shape index (κ2) is 12.1. The molecule has 1 aliphatic heterocycles. The third-order valence-electron chi connectivity index (χ3n) is 5.11. The molecule has 0 unspecified atom stereocenters. The smallest absolute Gasteiger partial charge is 0.408 e. The molecule has 1 atom stereocenters. The van der Waals surface area contributed by atoms with Crippen molar-refractivity contribution in [3.63, 3.8) is 0 Å². The fourth-order valence-corrected chi connectivity index (χ4v) is 3.44. The SMILES string of the molecule is C=CCc1cc2c(cc1NC(=O)[C@H](CCC(=O)OCc1ccccc1)NC(=O)OC(C)(C)C)OCO2. The van der Waals surface area contributed by atoms with E-state index in [1.165, 1.54) is 0 Å². The van der Waals surface area contributed by atoms with E-state index in [0.29, 0.717) is 23.6 Å². The first-order valence-electron chi connectivity index (χ1n) is 11.7. The van der Waals surface area contributed by atoms with Gasteiger partial charge in [0.2, 0.25) is 12.7 Å². The van der Waals surface area contributed by atoms with Crippen molar-refractivity contribution in [3.8, 4) is 11.5 Å². The molecule has 2 aromatic carbocycles. The van der Waals surface area contributed by atoms with Gasteiger partial charge in [0.05, 0.1) is 0 Å². The van der Waals surface area contributed by atoms with Crippen molar-refractivity contribution < 1.29 is 33.3 Å². The molecule has 1 aliphatic rings. The van der Waals surface area contributed by atoms with E-state index in [1.54, 1.807) is 39.0 Å². The predicted octanol–water partition coefficient (Wildman–Crippen LogP) is 4.50. The monoisotopic (exact) mass is 496 g/mol. The number of fused-ring (bicyclic) bond motifs is 1. The van der Waals surface area contributed by atoms with Gasteiger partial charge in [-0.15, -0.1) is 6.58 Å². The van der Waals surface area contributed by atoms with Gasteiger partial charge in [0.1, 0.15) is 18.2 Å². The standard InChI is InChI=1S/C27H32N2O7/c1-5-9-19-14-22-23(35-17-34-22)15-21(19)28-25(31)20(29-26(32)36-27(2,3)4)12-13-24(30)33-16-18-10-7-6-8-11-18/h5-8,10-11,14-15,20H,1,9,12-13,16-17H2,2-4H3,(H,28,31)(H,29,32)/t20-/m0/s1. The highest BCUT2D eigenvalue weighted by Crippen LogP contribution is 2.37. The number of alkyl carbamates (subject to hydrolysis) is 1. The zero-order chi connectivity index (χ0) is 26.1. The average Bonchev–Trinajstić information content (AvgIpc) is 3.27. The summed E-state index contributed by atoms with van der Waals surface area (Å²) in [6.07, 6.45) is 1.34. The Kier molecular flexibility index (Phi) is 8.94. The van der Waals surface area contributed by atoms with Gasteiger partial charge < -0.3 is 29.6 Å². The predicted molar refractivity (Wildman–Crippen MR) is 134 cm³/mol. The van der Waals surface area contributed by atoms with Gasteiger partial charge in [-0.1, -0.05) is 36.4 Å². The first kappa shape index (κ1) is 26.6. The highest BCUT2D eigenvalue weighted by Gasteiger charge is 2.27. The number of nitrogens with one attached hydrogen (secondary N) is 2. The molecule has 0 radical (unpaired) electrons. The molecular formula is C27H32N2O7. The number of carbonyl (C=O) groups is 3. The largest absolute Gasteiger partial charge is 0.461 e. The Morgan fingerprint density at radius 2 is 1.81 bits per heavy atom. The summed E-state index contributed by atoms with van der Waals surface area (Å²) in [7, 11) is 0. The molecule has 1 heterocycles. The van der Waals surface area contributed by atoms with Crippen molar-refractivity contribution in [2.24, 2.45) is 0 Å². The van der Waals surface area contributed by atoms with Gasteiger partial charge >= 0.3 is 12.1 Å². The molecule has 0 saturated carbocycles. The van der Waals surface area contributed by atoms with Crippen molar-refractivity contribution in [1.82, 2.24) is 5.32 Å². The lowest BCUT2D eigenvalue weighted by Gasteiger charge is -2.23. The zero-order valence-electron chi connectivity index (χ0n) is 20.8. The van der Waals surface area contributed by atoms with Gasteiger partial charge in [-0.25, -0.2) is 4.79 Å². The highest BCUT2D eigenvalue weighted by molar-refractivity contribution is 5.97. The number of hydrogen-bond acceptors (Lipinski definition) is 7. The fraction of sp³-hybridized carbons (Fsp3) is 0.370. The third kappa shape index (κ3) is 8.04. The van der Waals surface area contributed by atoms with Crippen LogP contribution >= 0.6 is 0 Å². The van der Waals surface area contributed by atoms with Crippen LogP contribution in [-0.2, 0) is 32.1 Å². The summed E-state index contributed by atoms with van der Waals surface area (Å²) in [5, 5.41) is 5.40. The van der Waals surface area contributed by atoms with Gasteiger partial charge in [0, 0.05) is 18.2 Å². The zero-order valence-corrected chi connectivity index (χ0v) is 20.8. The molecule has 0 bridgehead atoms. The van der Waals surface area contributed by atoms with E-state index in [4.69, 9.17) is 18.9 Å². The van der Waals surface area contributed by atoms with Crippen LogP contribution in [0.2, 0.25) is 0 Å². The van der Waals surface area contributed by atoms with Gasteiger partial charge in [0.15, 0.2) is 11.5 Å². The van der Waals surface area contributed by atoms with Crippen molar-refractivity contribution in [1.29, 1.82) is 0 Å². The van der Waals surface area contributed by atoms with Crippen LogP contribution in [-0.4, -0.2) is 36.4 Å². The lowest BCUT2D eigenvalue weighted by atomic mass is 10.1. The van der Waals surface area contributed by atoms with Gasteiger partial charge in [-0.3, -0.25) is 9.59 Å². The van der Waals surface area contributed by atoms with Crippen LogP contribution in [0.1, 0.15) is 44.7 Å². The van der Waals surface area contributed by atoms with Crippen molar-refractivity contribution in [2.45, 2.75) is 58.3 Å². The molecule has 9 heteroatoms. The molecule has 0 fully saturated rings. The number of rotatable bonds is 10. The second-order valence-electron chi connectivity index (χ2n) is 9.23. The van der Waals surface area contributed by atoms with Crippen LogP contribution < -0.4 is 20.1 Å². The average molecular weight is 497 g/mol. The number of ether oxygens (including phenoxy) is 4. The number of esters is 1. The molecule has 2 N–H and O–H groups in total. The van der Waals surface area contributed by atoms with E-state index in [1.807, 2.05) is 30.3 Å². The quantitative estimate of drug-likeness (QED) is 0.368. The number of anilines is 1. The number of benzene rings is 2. The Hall–Kier alpha value is -4.01. The van der Waals surface area contributed by atoms with E-state index < -0.39 is 29.6 Å². The molecule has 0 aromatic heterocycles. The maximum Gasteiger partial charge on any atom is 0.408 e. The summed E-state index contributed by atoms with van der Waals surface area (Å²) in [6, 6.07) is 11.7. The normalized spacial score (nSPS) is 12.9. The van der Waals surface area contributed by atoms with E-state index in [2.05, 4.69) is 17.2 Å². The van der Waals surface area contributed by atoms with E-state index in [0.717, 1.165) is 11.1 Å². The summed E-state index contributed by atoms with van der Waals surface area (Å²) in [5.74, 6) is 0.0765. The number of hydrogen-bond donors (Lipinski definition) is 2. The van der Waals surface area contributed by atoms with Crippen LogP contribution in [0.25, 0.3) is 0 Å². The number of amides is 2. The van der Waals surface area contributed by atoms with Crippen molar-refractivity contribution in [2.75, 3.05) is 12.1 Å². The molecule has 2 amide bonds. The molecule has 36 heavy (non-hydrogen) atoms. The third-order valence-corrected chi connectivity index (χ3v) is 5.11. The summed E-state index contributed by atoms with van der Waals surface area (Å²) >= 11 is 0. The molecule has 9 nitrogen and oxygen atoms in total. The Labute approximate surface area is 210 Å². The molecule has 2 aromatic rings. The summed E-state index contributed by atoms with van der Waals surface area (Å²) < 4.78 is 21.5. The van der Waals surface area contributed by atoms with Crippen LogP contribution in [0, 0.1) is 0 Å². The van der Waals surface area contributed by atoms with E-state index >= 15 is 0 Å². The van der Waals surface area contributed by atoms with Gasteiger partial charge in [-0.2, -0.15) is 0 Å². The minimum Gasteiger partial charge on any atom is -0.461 e. The topological polar surface area (TPSA) is 112 Å². The fourth-order valence-electron chi connectivity index (χ4n) is 3.44. The first-order valence-corrected chi connectivity index (χ1v) is 11.7. The van der Waals surface area contributed by atoms with Gasteiger partial charge in [-0.05, 0) is 50.8 Å². The van der Waals surface area contributed by atoms with Crippen LogP contribution in [0.3, 0.4) is 0 Å². The second-order valence-corrected chi connectivity index (χ2v) is 9.23. The maximum atomic E-state index is 13.2. The molecule has 0 saturated heterocycles. The summed E-state index contributed by atoms with van der Waals surface area (Å²) in [6.45, 7) is 9.13. The van der Waals surface area contributed by atoms with Gasteiger partial charge in [0.25, 0.3) is 0 Å². The minimum atomic E-state index is -1.05. The van der Waals surface area contributed by atoms with Crippen LogP contribution in [0.5, 0.6) is 11.5 Å². The van der Waals surface area contributed by atoms with Crippen molar-refractivity contribution in [3.05, 3.63) is 66.2 Å². The molecule has 192 valence electrons. The first-order chi connectivity index (χ1) is 17.1. The molecular weight excluding hydrogens is 464 g/mol. The molecule has 0 aliphatic carbocycles. The Morgan fingerprint density at radius 3 is 2.47 bits per heavy atom. The highest BCUT2D eigenvalue weighted by atomic mass is 16.7. The number of allylic oxidation sites excluding steroid dienone is 1. The lowest BCUT2D eigenvalue weighted by molar-refractivity contribution is -0.145. The Bertz CT molecular complexity index is 1090. The minimum absolute atomic E-state index is 0.0139. The van der Waals surface area contributed by atoms with Crippen molar-refractivity contribution >= 4 is 23.7 Å². The number of carbonyl (C=O) groups excluding carboxylic acids is 3. The Balaban J connectivity index is 1.69. The maximum absolute atomic E-state index is 13.2. The molecule has 3 rings (SSSR count). The lowest BCUT2D eigenvalue weighted by Crippen LogP contribution is -2.46. The summed E-state index contributed by atoms with van der Waals surface area (Å²) in [4.78, 5) is 38.0. The van der Waals surface area contributed by atoms with Crippen LogP contribution in [0.15, 0.2) is 55.1 Å². The van der Waals surface area contributed by atoms with Crippen LogP contribution in [0.4, 0.5) is 10.5 Å². The summed E-state index contributed by atoms with van der Waals surface area (Å²) in [5.41, 5.74) is 1.35. The van der Waals surface area contributed by atoms with E-state index in [-0.39, 0.29) is 26.2 Å². The molecule has 0 spiro atoms.